The van der Waals surface area contributed by atoms with Crippen LogP contribution in [0.5, 0.6) is 5.75 Å². The first-order valence-corrected chi connectivity index (χ1v) is 10.2. The molecule has 13 heteroatoms. The SMILES string of the molecule is Fc1ccc2c(c1CNc1ncc(-c3ccc(C(F)(F)F)nc3)c3c(C(F)(F)F)ncn13)CCO2. The summed E-state index contributed by atoms with van der Waals surface area (Å²) in [5.74, 6) is -0.0389. The highest BCUT2D eigenvalue weighted by atomic mass is 19.4. The minimum absolute atomic E-state index is 0.0166. The zero-order chi connectivity index (χ0) is 25.0. The minimum Gasteiger partial charge on any atom is -0.493 e. The van der Waals surface area contributed by atoms with Gasteiger partial charge in [0.1, 0.15) is 23.6 Å². The summed E-state index contributed by atoms with van der Waals surface area (Å²) in [5.41, 5.74) is -2.06. The fourth-order valence-electron chi connectivity index (χ4n) is 3.96. The van der Waals surface area contributed by atoms with Crippen LogP contribution in [0.4, 0.5) is 36.7 Å². The minimum atomic E-state index is -4.86. The third kappa shape index (κ3) is 4.10. The molecule has 5 rings (SSSR count). The summed E-state index contributed by atoms with van der Waals surface area (Å²) in [6.45, 7) is 0.293. The van der Waals surface area contributed by atoms with Crippen LogP contribution >= 0.6 is 0 Å². The normalized spacial score (nSPS) is 13.7. The highest BCUT2D eigenvalue weighted by molar-refractivity contribution is 5.82. The largest absolute Gasteiger partial charge is 0.493 e. The Morgan fingerprint density at radius 3 is 2.43 bits per heavy atom. The molecule has 0 spiro atoms. The van der Waals surface area contributed by atoms with E-state index in [1.165, 1.54) is 12.1 Å². The number of fused-ring (bicyclic) bond motifs is 2. The molecule has 35 heavy (non-hydrogen) atoms. The number of hydrogen-bond donors (Lipinski definition) is 1. The number of ether oxygens (including phenoxy) is 1. The van der Waals surface area contributed by atoms with E-state index in [0.29, 0.717) is 36.0 Å². The molecule has 1 aliphatic rings. The van der Waals surface area contributed by atoms with Gasteiger partial charge in [0.25, 0.3) is 0 Å². The molecule has 0 radical (unpaired) electrons. The molecule has 0 aliphatic carbocycles. The van der Waals surface area contributed by atoms with Gasteiger partial charge >= 0.3 is 12.4 Å². The zero-order valence-electron chi connectivity index (χ0n) is 17.5. The molecular weight excluding hydrogens is 483 g/mol. The van der Waals surface area contributed by atoms with Gasteiger partial charge in [-0.15, -0.1) is 0 Å². The van der Waals surface area contributed by atoms with Crippen LogP contribution in [-0.4, -0.2) is 26.0 Å². The first-order valence-electron chi connectivity index (χ1n) is 10.2. The number of hydrogen-bond acceptors (Lipinski definition) is 5. The van der Waals surface area contributed by atoms with Gasteiger partial charge in [-0.1, -0.05) is 6.07 Å². The van der Waals surface area contributed by atoms with Crippen LogP contribution in [0, 0.1) is 5.82 Å². The predicted octanol–water partition coefficient (Wildman–Crippen LogP) is 5.52. The standard InChI is InChI=1S/C22H14F7N5O/c23-15-2-3-16-12(5-6-35-16)14(15)9-32-20-31-8-13(11-1-4-17(30-7-11)21(24,25)26)18-19(22(27,28)29)33-10-34(18)20/h1-4,7-8,10H,5-6,9H2,(H,31,32). The van der Waals surface area contributed by atoms with Crippen molar-refractivity contribution in [2.45, 2.75) is 25.3 Å². The Morgan fingerprint density at radius 2 is 1.74 bits per heavy atom. The molecular formula is C22H14F7N5O. The number of anilines is 1. The van der Waals surface area contributed by atoms with Crippen molar-refractivity contribution in [1.82, 2.24) is 19.4 Å². The maximum absolute atomic E-state index is 14.5. The molecule has 182 valence electrons. The van der Waals surface area contributed by atoms with E-state index in [0.717, 1.165) is 29.2 Å². The second kappa shape index (κ2) is 8.10. The maximum atomic E-state index is 14.5. The first-order chi connectivity index (χ1) is 16.5. The van der Waals surface area contributed by atoms with Crippen molar-refractivity contribution in [2.24, 2.45) is 0 Å². The summed E-state index contributed by atoms with van der Waals surface area (Å²) in [5, 5.41) is 2.83. The van der Waals surface area contributed by atoms with E-state index in [1.807, 2.05) is 0 Å². The van der Waals surface area contributed by atoms with E-state index in [4.69, 9.17) is 4.74 Å². The summed E-state index contributed by atoms with van der Waals surface area (Å²) in [6, 6.07) is 4.43. The average molecular weight is 497 g/mol. The van der Waals surface area contributed by atoms with Gasteiger partial charge in [-0.3, -0.25) is 9.38 Å². The number of alkyl halides is 6. The second-order valence-electron chi connectivity index (χ2n) is 7.69. The van der Waals surface area contributed by atoms with E-state index >= 15 is 0 Å². The number of benzene rings is 1. The van der Waals surface area contributed by atoms with Gasteiger partial charge in [0.05, 0.1) is 12.1 Å². The van der Waals surface area contributed by atoms with Crippen molar-refractivity contribution in [2.75, 3.05) is 11.9 Å². The number of imidazole rings is 1. The van der Waals surface area contributed by atoms with Crippen molar-refractivity contribution >= 4 is 11.5 Å². The third-order valence-corrected chi connectivity index (χ3v) is 5.56. The van der Waals surface area contributed by atoms with E-state index in [2.05, 4.69) is 20.3 Å². The Hall–Kier alpha value is -3.90. The number of rotatable bonds is 4. The molecule has 1 aromatic carbocycles. The number of pyridine rings is 1. The summed E-state index contributed by atoms with van der Waals surface area (Å²) in [4.78, 5) is 10.9. The molecule has 0 fully saturated rings. The molecule has 0 saturated carbocycles. The van der Waals surface area contributed by atoms with Crippen LogP contribution in [0.15, 0.2) is 43.0 Å². The van der Waals surface area contributed by atoms with Gasteiger partial charge in [-0.05, 0) is 18.2 Å². The molecule has 4 aromatic rings. The van der Waals surface area contributed by atoms with Crippen LogP contribution in [0.2, 0.25) is 0 Å². The molecule has 1 N–H and O–H groups in total. The van der Waals surface area contributed by atoms with Gasteiger partial charge in [0, 0.05) is 47.6 Å². The van der Waals surface area contributed by atoms with Crippen LogP contribution in [0.1, 0.15) is 22.5 Å². The van der Waals surface area contributed by atoms with E-state index in [1.54, 1.807) is 0 Å². The van der Waals surface area contributed by atoms with Crippen LogP contribution in [0.3, 0.4) is 0 Å². The maximum Gasteiger partial charge on any atom is 0.435 e. The Morgan fingerprint density at radius 1 is 0.943 bits per heavy atom. The smallest absolute Gasteiger partial charge is 0.435 e. The van der Waals surface area contributed by atoms with E-state index in [9.17, 15) is 30.7 Å². The van der Waals surface area contributed by atoms with Crippen molar-refractivity contribution in [3.8, 4) is 16.9 Å². The molecule has 6 nitrogen and oxygen atoms in total. The van der Waals surface area contributed by atoms with Gasteiger partial charge in [-0.2, -0.15) is 26.3 Å². The van der Waals surface area contributed by atoms with Crippen molar-refractivity contribution in [3.05, 3.63) is 71.3 Å². The molecule has 0 amide bonds. The van der Waals surface area contributed by atoms with E-state index in [-0.39, 0.29) is 23.6 Å². The van der Waals surface area contributed by atoms with Crippen LogP contribution in [0.25, 0.3) is 16.6 Å². The lowest BCUT2D eigenvalue weighted by Crippen LogP contribution is -2.11. The van der Waals surface area contributed by atoms with Gasteiger partial charge in [0.15, 0.2) is 5.69 Å². The zero-order valence-corrected chi connectivity index (χ0v) is 17.5. The summed E-state index contributed by atoms with van der Waals surface area (Å²) >= 11 is 0. The van der Waals surface area contributed by atoms with Gasteiger partial charge < -0.3 is 10.1 Å². The fraction of sp³-hybridized carbons (Fsp3) is 0.227. The number of nitrogens with one attached hydrogen (secondary N) is 1. The molecule has 0 atom stereocenters. The topological polar surface area (TPSA) is 64.3 Å². The molecule has 1 aliphatic heterocycles. The lowest BCUT2D eigenvalue weighted by Gasteiger charge is -2.14. The van der Waals surface area contributed by atoms with Crippen LogP contribution in [-0.2, 0) is 25.3 Å². The molecule has 4 heterocycles. The lowest BCUT2D eigenvalue weighted by molar-refractivity contribution is -0.141. The highest BCUT2D eigenvalue weighted by Crippen LogP contribution is 2.38. The lowest BCUT2D eigenvalue weighted by atomic mass is 10.0. The average Bonchev–Trinajstić information content (AvgIpc) is 3.45. The molecule has 0 unspecified atom stereocenters. The molecule has 0 bridgehead atoms. The highest BCUT2D eigenvalue weighted by Gasteiger charge is 2.37. The second-order valence-corrected chi connectivity index (χ2v) is 7.69. The Bertz CT molecular complexity index is 1410. The van der Waals surface area contributed by atoms with Gasteiger partial charge in [-0.25, -0.2) is 14.4 Å². The molecule has 3 aromatic heterocycles. The predicted molar refractivity (Wildman–Crippen MR) is 109 cm³/mol. The van der Waals surface area contributed by atoms with Crippen molar-refractivity contribution < 1.29 is 35.5 Å². The fourth-order valence-corrected chi connectivity index (χ4v) is 3.96. The quantitative estimate of drug-likeness (QED) is 0.377. The third-order valence-electron chi connectivity index (χ3n) is 5.56. The number of halogens is 7. The number of aromatic nitrogens is 4. The van der Waals surface area contributed by atoms with E-state index < -0.39 is 35.1 Å². The summed E-state index contributed by atoms with van der Waals surface area (Å²) in [6.07, 6.45) is -6.29. The van der Waals surface area contributed by atoms with Crippen LogP contribution < -0.4 is 10.1 Å². The Kier molecular flexibility index (Phi) is 5.29. The first kappa shape index (κ1) is 22.9. The molecule has 0 saturated heterocycles. The van der Waals surface area contributed by atoms with Crippen molar-refractivity contribution in [3.63, 3.8) is 0 Å². The summed E-state index contributed by atoms with van der Waals surface area (Å²) in [7, 11) is 0. The van der Waals surface area contributed by atoms with Crippen molar-refractivity contribution in [1.29, 1.82) is 0 Å². The summed E-state index contributed by atoms with van der Waals surface area (Å²) < 4.78 is 101. The Labute approximate surface area is 192 Å². The Balaban J connectivity index is 1.57. The van der Waals surface area contributed by atoms with Gasteiger partial charge in [0.2, 0.25) is 5.95 Å². The number of nitrogens with zero attached hydrogens (tertiary/aromatic N) is 4. The monoisotopic (exact) mass is 497 g/mol.